The Balaban J connectivity index is 0.00000220. The molecular weight excluding hydrogens is 327 g/mol. The predicted molar refractivity (Wildman–Crippen MR) is 92.6 cm³/mol. The number of hydrogen-bond donors (Lipinski definition) is 4. The molecule has 1 fully saturated rings. The summed E-state index contributed by atoms with van der Waals surface area (Å²) in [5, 5.41) is 33.1. The molecular formula is C15H26Cl2N2O3. The third-order valence-corrected chi connectivity index (χ3v) is 4.14. The quantitative estimate of drug-likeness (QED) is 0.670. The van der Waals surface area contributed by atoms with Crippen LogP contribution >= 0.6 is 24.8 Å². The molecule has 1 aromatic carbocycles. The average Bonchev–Trinajstić information content (AvgIpc) is 2.42. The van der Waals surface area contributed by atoms with Crippen LogP contribution in [0.2, 0.25) is 0 Å². The fourth-order valence-electron chi connectivity index (χ4n) is 2.92. The summed E-state index contributed by atoms with van der Waals surface area (Å²) in [5.74, 6) is 0.110. The van der Waals surface area contributed by atoms with Gasteiger partial charge in [-0.05, 0) is 5.92 Å². The molecule has 4 N–H and O–H groups in total. The third-order valence-electron chi connectivity index (χ3n) is 4.14. The molecule has 0 amide bonds. The molecule has 2 rings (SSSR count). The van der Waals surface area contributed by atoms with Crippen LogP contribution in [0.3, 0.4) is 0 Å². The zero-order valence-corrected chi connectivity index (χ0v) is 14.6. The molecule has 1 aliphatic heterocycles. The molecule has 128 valence electrons. The van der Waals surface area contributed by atoms with Crippen molar-refractivity contribution in [3.63, 3.8) is 0 Å². The average molecular weight is 353 g/mol. The van der Waals surface area contributed by atoms with Crippen molar-refractivity contribution in [1.29, 1.82) is 0 Å². The smallest absolute Gasteiger partial charge is 0.127 e. The molecule has 0 spiro atoms. The maximum atomic E-state index is 10.2. The van der Waals surface area contributed by atoms with Gasteiger partial charge < -0.3 is 20.6 Å². The van der Waals surface area contributed by atoms with E-state index in [1.54, 1.807) is 0 Å². The van der Waals surface area contributed by atoms with Gasteiger partial charge in [0.15, 0.2) is 0 Å². The molecule has 0 aromatic heterocycles. The van der Waals surface area contributed by atoms with Crippen LogP contribution in [0, 0.1) is 5.92 Å². The number of nitrogens with one attached hydrogen (secondary N) is 1. The molecule has 0 saturated carbocycles. The Morgan fingerprint density at radius 2 is 1.59 bits per heavy atom. The van der Waals surface area contributed by atoms with Crippen molar-refractivity contribution in [2.24, 2.45) is 5.92 Å². The summed E-state index contributed by atoms with van der Waals surface area (Å²) in [6.07, 6.45) is 0.953. The predicted octanol–water partition coefficient (Wildman–Crippen LogP) is 2.64. The Hall–Kier alpha value is -0.880. The van der Waals surface area contributed by atoms with Gasteiger partial charge in [-0.15, -0.1) is 24.8 Å². The Morgan fingerprint density at radius 1 is 1.09 bits per heavy atom. The van der Waals surface area contributed by atoms with E-state index >= 15 is 0 Å². The van der Waals surface area contributed by atoms with Crippen molar-refractivity contribution < 1.29 is 15.3 Å². The number of halogens is 2. The van der Waals surface area contributed by atoms with E-state index in [0.29, 0.717) is 11.5 Å². The highest BCUT2D eigenvalue weighted by Gasteiger charge is 2.31. The number of nitrogens with zero attached hydrogens (tertiary/aromatic N) is 1. The monoisotopic (exact) mass is 352 g/mol. The molecule has 1 heterocycles. The molecule has 1 aliphatic rings. The zero-order chi connectivity index (χ0) is 14.7. The van der Waals surface area contributed by atoms with Crippen LogP contribution in [0.1, 0.15) is 31.9 Å². The number of hydrogen-bond acceptors (Lipinski definition) is 5. The molecule has 2 atom stereocenters. The van der Waals surface area contributed by atoms with Gasteiger partial charge in [0.25, 0.3) is 0 Å². The number of phenols is 3. The zero-order valence-electron chi connectivity index (χ0n) is 13.0. The molecule has 22 heavy (non-hydrogen) atoms. The van der Waals surface area contributed by atoms with Crippen LogP contribution in [0.5, 0.6) is 17.2 Å². The molecule has 0 radical (unpaired) electrons. The van der Waals surface area contributed by atoms with Crippen LogP contribution in [0.15, 0.2) is 12.1 Å². The van der Waals surface area contributed by atoms with Crippen molar-refractivity contribution in [3.8, 4) is 17.2 Å². The summed E-state index contributed by atoms with van der Waals surface area (Å²) in [6.45, 7) is 7.81. The normalized spacial score (nSPS) is 17.9. The third kappa shape index (κ3) is 4.56. The fraction of sp³-hybridized carbons (Fsp3) is 0.600. The first-order valence-corrected chi connectivity index (χ1v) is 7.24. The molecule has 0 aliphatic carbocycles. The lowest BCUT2D eigenvalue weighted by atomic mass is 9.89. The van der Waals surface area contributed by atoms with Gasteiger partial charge in [-0.3, -0.25) is 4.90 Å². The number of aromatic hydroxyl groups is 3. The summed E-state index contributed by atoms with van der Waals surface area (Å²) in [7, 11) is 0. The van der Waals surface area contributed by atoms with Crippen LogP contribution in [0.4, 0.5) is 0 Å². The van der Waals surface area contributed by atoms with Crippen LogP contribution in [0.25, 0.3) is 0 Å². The van der Waals surface area contributed by atoms with Crippen molar-refractivity contribution in [2.45, 2.75) is 26.3 Å². The van der Waals surface area contributed by atoms with Gasteiger partial charge in [0.1, 0.15) is 17.2 Å². The summed E-state index contributed by atoms with van der Waals surface area (Å²) < 4.78 is 0. The van der Waals surface area contributed by atoms with Gasteiger partial charge in [0.05, 0.1) is 5.56 Å². The van der Waals surface area contributed by atoms with Crippen LogP contribution in [-0.4, -0.2) is 46.4 Å². The Morgan fingerprint density at radius 3 is 2.05 bits per heavy atom. The van der Waals surface area contributed by atoms with Gasteiger partial charge in [0, 0.05) is 44.4 Å². The van der Waals surface area contributed by atoms with Crippen molar-refractivity contribution in [3.05, 3.63) is 17.7 Å². The number of phenolic OH excluding ortho intramolecular Hbond substituents is 3. The van der Waals surface area contributed by atoms with Gasteiger partial charge in [-0.1, -0.05) is 20.3 Å². The number of piperazine rings is 1. The van der Waals surface area contributed by atoms with E-state index in [4.69, 9.17) is 0 Å². The van der Waals surface area contributed by atoms with E-state index in [1.807, 2.05) is 0 Å². The number of benzene rings is 1. The highest BCUT2D eigenvalue weighted by molar-refractivity contribution is 5.85. The SMILES string of the molecule is CCC(C)[C@H](c1c(O)cc(O)cc1O)N1CCNCC1.Cl.Cl. The minimum absolute atomic E-state index is 0. The van der Waals surface area contributed by atoms with Crippen molar-refractivity contribution >= 4 is 24.8 Å². The van der Waals surface area contributed by atoms with Crippen molar-refractivity contribution in [2.75, 3.05) is 26.2 Å². The van der Waals surface area contributed by atoms with Crippen LogP contribution in [-0.2, 0) is 0 Å². The molecule has 1 unspecified atom stereocenters. The lowest BCUT2D eigenvalue weighted by Crippen LogP contribution is -2.46. The largest absolute Gasteiger partial charge is 0.508 e. The minimum Gasteiger partial charge on any atom is -0.508 e. The van der Waals surface area contributed by atoms with E-state index < -0.39 is 0 Å². The lowest BCUT2D eigenvalue weighted by molar-refractivity contribution is 0.124. The first kappa shape index (κ1) is 21.1. The second-order valence-corrected chi connectivity index (χ2v) is 5.51. The van der Waals surface area contributed by atoms with Gasteiger partial charge >= 0.3 is 0 Å². The molecule has 0 bridgehead atoms. The highest BCUT2D eigenvalue weighted by atomic mass is 35.5. The van der Waals surface area contributed by atoms with E-state index in [9.17, 15) is 15.3 Å². The van der Waals surface area contributed by atoms with E-state index in [2.05, 4.69) is 24.1 Å². The Kier molecular flexibility index (Phi) is 8.93. The van der Waals surface area contributed by atoms with E-state index in [1.165, 1.54) is 12.1 Å². The summed E-state index contributed by atoms with van der Waals surface area (Å²) in [5.41, 5.74) is 0.527. The maximum Gasteiger partial charge on any atom is 0.127 e. The highest BCUT2D eigenvalue weighted by Crippen LogP contribution is 2.43. The molecule has 7 heteroatoms. The number of rotatable bonds is 4. The summed E-state index contributed by atoms with van der Waals surface area (Å²) >= 11 is 0. The first-order chi connectivity index (χ1) is 9.54. The van der Waals surface area contributed by atoms with Crippen LogP contribution < -0.4 is 5.32 Å². The van der Waals surface area contributed by atoms with Crippen molar-refractivity contribution in [1.82, 2.24) is 10.2 Å². The minimum atomic E-state index is -0.119. The van der Waals surface area contributed by atoms with Gasteiger partial charge in [0.2, 0.25) is 0 Å². The summed E-state index contributed by atoms with van der Waals surface area (Å²) in [4.78, 5) is 2.29. The van der Waals surface area contributed by atoms with Gasteiger partial charge in [-0.2, -0.15) is 0 Å². The maximum absolute atomic E-state index is 10.2. The second kappa shape index (κ2) is 9.30. The summed E-state index contributed by atoms with van der Waals surface area (Å²) in [6, 6.07) is 2.56. The van der Waals surface area contributed by atoms with E-state index in [-0.39, 0.29) is 48.1 Å². The van der Waals surface area contributed by atoms with E-state index in [0.717, 1.165) is 32.6 Å². The molecule has 1 aromatic rings. The second-order valence-electron chi connectivity index (χ2n) is 5.51. The topological polar surface area (TPSA) is 76.0 Å². The Bertz CT molecular complexity index is 445. The standard InChI is InChI=1S/C15H24N2O3.2ClH/c1-3-10(2)15(17-6-4-16-5-7-17)14-12(19)8-11(18)9-13(14)20;;/h8-10,15-16,18-20H,3-7H2,1-2H3;2*1H/t10?,15-;;/m1../s1. The molecule has 5 nitrogen and oxygen atoms in total. The fourth-order valence-corrected chi connectivity index (χ4v) is 2.92. The Labute approximate surface area is 144 Å². The van der Waals surface area contributed by atoms with Gasteiger partial charge in [-0.25, -0.2) is 0 Å². The lowest BCUT2D eigenvalue weighted by Gasteiger charge is -2.38. The first-order valence-electron chi connectivity index (χ1n) is 7.24. The molecule has 1 saturated heterocycles.